The van der Waals surface area contributed by atoms with Gasteiger partial charge in [-0.25, -0.2) is 9.97 Å². The van der Waals surface area contributed by atoms with Crippen LogP contribution in [-0.4, -0.2) is 21.5 Å². The van der Waals surface area contributed by atoms with Gasteiger partial charge < -0.3 is 0 Å². The Labute approximate surface area is 122 Å². The van der Waals surface area contributed by atoms with Crippen molar-refractivity contribution in [1.82, 2.24) is 9.97 Å². The minimum atomic E-state index is 0.149. The highest BCUT2D eigenvalue weighted by molar-refractivity contribution is 7.99. The average Bonchev–Trinajstić information content (AvgIpc) is 2.53. The molecule has 2 aromatic rings. The molecule has 0 atom stereocenters. The van der Waals surface area contributed by atoms with Gasteiger partial charge in [0, 0.05) is 18.0 Å². The van der Waals surface area contributed by atoms with Gasteiger partial charge in [-0.3, -0.25) is 4.79 Å². The number of aryl methyl sites for hydroxylation is 2. The molecular formula is C16H16N2OS. The van der Waals surface area contributed by atoms with Crippen LogP contribution in [0.25, 0.3) is 0 Å². The number of carbonyl (C=O) groups is 1. The van der Waals surface area contributed by atoms with E-state index in [4.69, 9.17) is 0 Å². The summed E-state index contributed by atoms with van der Waals surface area (Å²) >= 11 is 1.39. The Hall–Kier alpha value is -1.68. The van der Waals surface area contributed by atoms with E-state index < -0.39 is 0 Å². The maximum Gasteiger partial charge on any atom is 0.187 e. The summed E-state index contributed by atoms with van der Waals surface area (Å²) in [6, 6.07) is 7.92. The summed E-state index contributed by atoms with van der Waals surface area (Å²) in [4.78, 5) is 20.5. The van der Waals surface area contributed by atoms with Gasteiger partial charge in [-0.2, -0.15) is 0 Å². The van der Waals surface area contributed by atoms with Crippen LogP contribution in [-0.2, 0) is 12.8 Å². The first-order valence-electron chi connectivity index (χ1n) is 6.88. The van der Waals surface area contributed by atoms with E-state index in [0.29, 0.717) is 10.9 Å². The smallest absolute Gasteiger partial charge is 0.187 e. The van der Waals surface area contributed by atoms with Gasteiger partial charge in [0.2, 0.25) is 0 Å². The molecule has 0 saturated carbocycles. The van der Waals surface area contributed by atoms with Gasteiger partial charge in [0.15, 0.2) is 10.9 Å². The Bertz CT molecular complexity index is 613. The SMILES string of the molecule is O=C(CSc1ncccn1)c1ccc2c(c1)CCCC2. The van der Waals surface area contributed by atoms with E-state index in [-0.39, 0.29) is 5.78 Å². The van der Waals surface area contributed by atoms with Crippen molar-refractivity contribution in [2.24, 2.45) is 0 Å². The fourth-order valence-electron chi connectivity index (χ4n) is 2.48. The van der Waals surface area contributed by atoms with Crippen molar-refractivity contribution in [3.63, 3.8) is 0 Å². The molecular weight excluding hydrogens is 268 g/mol. The first-order valence-corrected chi connectivity index (χ1v) is 7.86. The summed E-state index contributed by atoms with van der Waals surface area (Å²) < 4.78 is 0. The maximum absolute atomic E-state index is 12.2. The molecule has 1 heterocycles. The second-order valence-electron chi connectivity index (χ2n) is 4.93. The number of rotatable bonds is 4. The molecule has 0 amide bonds. The van der Waals surface area contributed by atoms with E-state index in [1.165, 1.54) is 35.7 Å². The summed E-state index contributed by atoms with van der Waals surface area (Å²) in [5, 5.41) is 0.652. The number of hydrogen-bond acceptors (Lipinski definition) is 4. The van der Waals surface area contributed by atoms with Crippen molar-refractivity contribution < 1.29 is 4.79 Å². The first kappa shape index (κ1) is 13.3. The van der Waals surface area contributed by atoms with Gasteiger partial charge in [-0.05, 0) is 48.9 Å². The second kappa shape index (κ2) is 6.18. The van der Waals surface area contributed by atoms with Gasteiger partial charge in [0.05, 0.1) is 5.75 Å². The molecule has 0 fully saturated rings. The third-order valence-corrected chi connectivity index (χ3v) is 4.42. The summed E-state index contributed by atoms with van der Waals surface area (Å²) in [6.07, 6.45) is 8.14. The van der Waals surface area contributed by atoms with Crippen molar-refractivity contribution in [2.75, 3.05) is 5.75 Å². The minimum absolute atomic E-state index is 0.149. The summed E-state index contributed by atoms with van der Waals surface area (Å²) in [7, 11) is 0. The maximum atomic E-state index is 12.2. The quantitative estimate of drug-likeness (QED) is 0.490. The van der Waals surface area contributed by atoms with Gasteiger partial charge in [-0.15, -0.1) is 0 Å². The van der Waals surface area contributed by atoms with Gasteiger partial charge >= 0.3 is 0 Å². The summed E-state index contributed by atoms with van der Waals surface area (Å²) in [5.41, 5.74) is 3.57. The second-order valence-corrected chi connectivity index (χ2v) is 5.88. The summed E-state index contributed by atoms with van der Waals surface area (Å²) in [6.45, 7) is 0. The Kier molecular flexibility index (Phi) is 4.11. The molecule has 1 aromatic carbocycles. The number of aromatic nitrogens is 2. The molecule has 0 unspecified atom stereocenters. The number of benzene rings is 1. The van der Waals surface area contributed by atoms with Crippen molar-refractivity contribution in [3.8, 4) is 0 Å². The summed E-state index contributed by atoms with van der Waals surface area (Å²) in [5.74, 6) is 0.541. The fraction of sp³-hybridized carbons (Fsp3) is 0.312. The van der Waals surface area contributed by atoms with Gasteiger partial charge in [0.25, 0.3) is 0 Å². The van der Waals surface area contributed by atoms with Crippen LogP contribution >= 0.6 is 11.8 Å². The molecule has 1 aliphatic carbocycles. The lowest BCUT2D eigenvalue weighted by molar-refractivity contribution is 0.102. The van der Waals surface area contributed by atoms with E-state index in [0.717, 1.165) is 18.4 Å². The molecule has 4 heteroatoms. The molecule has 0 radical (unpaired) electrons. The van der Waals surface area contributed by atoms with E-state index in [9.17, 15) is 4.79 Å². The van der Waals surface area contributed by atoms with Crippen molar-refractivity contribution in [3.05, 3.63) is 53.3 Å². The molecule has 3 nitrogen and oxygen atoms in total. The number of ketones is 1. The van der Waals surface area contributed by atoms with Crippen molar-refractivity contribution >= 4 is 17.5 Å². The van der Waals surface area contributed by atoms with Crippen molar-refractivity contribution in [1.29, 1.82) is 0 Å². The highest BCUT2D eigenvalue weighted by Crippen LogP contribution is 2.23. The Morgan fingerprint density at radius 3 is 2.65 bits per heavy atom. The topological polar surface area (TPSA) is 42.9 Å². The third kappa shape index (κ3) is 3.07. The predicted octanol–water partition coefficient (Wildman–Crippen LogP) is 3.33. The van der Waals surface area contributed by atoms with E-state index in [1.54, 1.807) is 18.5 Å². The number of carbonyl (C=O) groups excluding carboxylic acids is 1. The minimum Gasteiger partial charge on any atom is -0.293 e. The Morgan fingerprint density at radius 1 is 1.10 bits per heavy atom. The zero-order valence-corrected chi connectivity index (χ0v) is 12.0. The molecule has 0 spiro atoms. The molecule has 0 aliphatic heterocycles. The number of Topliss-reactive ketones (excluding diaryl/α,β-unsaturated/α-hetero) is 1. The normalized spacial score (nSPS) is 13.8. The molecule has 0 bridgehead atoms. The predicted molar refractivity (Wildman–Crippen MR) is 80.2 cm³/mol. The van der Waals surface area contributed by atoms with Crippen LogP contribution in [0.15, 0.2) is 41.8 Å². The van der Waals surface area contributed by atoms with E-state index in [1.807, 2.05) is 6.07 Å². The Morgan fingerprint density at radius 2 is 1.85 bits per heavy atom. The van der Waals surface area contributed by atoms with Crippen LogP contribution in [0.3, 0.4) is 0 Å². The third-order valence-electron chi connectivity index (χ3n) is 3.54. The zero-order valence-electron chi connectivity index (χ0n) is 11.2. The molecule has 3 rings (SSSR count). The number of nitrogens with zero attached hydrogens (tertiary/aromatic N) is 2. The molecule has 0 saturated heterocycles. The number of hydrogen-bond donors (Lipinski definition) is 0. The lowest BCUT2D eigenvalue weighted by Gasteiger charge is -2.16. The average molecular weight is 284 g/mol. The zero-order chi connectivity index (χ0) is 13.8. The lowest BCUT2D eigenvalue weighted by atomic mass is 9.90. The standard InChI is InChI=1S/C16H16N2OS/c19-15(11-20-16-17-8-3-9-18-16)14-7-6-12-4-1-2-5-13(12)10-14/h3,6-10H,1-2,4-5,11H2. The fourth-order valence-corrected chi connectivity index (χ4v) is 3.18. The lowest BCUT2D eigenvalue weighted by Crippen LogP contribution is -2.08. The Balaban J connectivity index is 1.68. The van der Waals surface area contributed by atoms with Gasteiger partial charge in [-0.1, -0.05) is 23.9 Å². The molecule has 102 valence electrons. The molecule has 20 heavy (non-hydrogen) atoms. The van der Waals surface area contributed by atoms with Crippen LogP contribution in [0, 0.1) is 0 Å². The molecule has 0 N–H and O–H groups in total. The highest BCUT2D eigenvalue weighted by atomic mass is 32.2. The molecule has 1 aromatic heterocycles. The number of thioether (sulfide) groups is 1. The van der Waals surface area contributed by atoms with E-state index in [2.05, 4.69) is 22.1 Å². The van der Waals surface area contributed by atoms with Crippen LogP contribution in [0.1, 0.15) is 34.3 Å². The van der Waals surface area contributed by atoms with Crippen molar-refractivity contribution in [2.45, 2.75) is 30.8 Å². The van der Waals surface area contributed by atoms with Crippen LogP contribution in [0.2, 0.25) is 0 Å². The largest absolute Gasteiger partial charge is 0.293 e. The van der Waals surface area contributed by atoms with Crippen LogP contribution in [0.5, 0.6) is 0 Å². The number of fused-ring (bicyclic) bond motifs is 1. The van der Waals surface area contributed by atoms with Gasteiger partial charge in [0.1, 0.15) is 0 Å². The highest BCUT2D eigenvalue weighted by Gasteiger charge is 2.13. The van der Waals surface area contributed by atoms with Crippen LogP contribution < -0.4 is 0 Å². The monoisotopic (exact) mass is 284 g/mol. The van der Waals surface area contributed by atoms with E-state index >= 15 is 0 Å². The van der Waals surface area contributed by atoms with Crippen LogP contribution in [0.4, 0.5) is 0 Å². The molecule has 1 aliphatic rings. The first-order chi connectivity index (χ1) is 9.83.